The van der Waals surface area contributed by atoms with Gasteiger partial charge in [0.1, 0.15) is 0 Å². The first kappa shape index (κ1) is 16.2. The van der Waals surface area contributed by atoms with Gasteiger partial charge in [0, 0.05) is 13.1 Å². The van der Waals surface area contributed by atoms with Crippen molar-refractivity contribution in [1.82, 2.24) is 15.1 Å². The molecule has 1 aliphatic heterocycles. The summed E-state index contributed by atoms with van der Waals surface area (Å²) >= 11 is 0. The Morgan fingerprint density at radius 2 is 1.67 bits per heavy atom. The van der Waals surface area contributed by atoms with E-state index < -0.39 is 0 Å². The maximum Gasteiger partial charge on any atom is 0.255 e. The van der Waals surface area contributed by atoms with Gasteiger partial charge in [-0.05, 0) is 49.1 Å². The molecule has 0 spiro atoms. The van der Waals surface area contributed by atoms with Gasteiger partial charge in [0.15, 0.2) is 11.5 Å². The average Bonchev–Trinajstić information content (AvgIpc) is 2.82. The van der Waals surface area contributed by atoms with Gasteiger partial charge in [-0.15, -0.1) is 0 Å². The van der Waals surface area contributed by atoms with E-state index >= 15 is 0 Å². The molecule has 3 rings (SSSR count). The van der Waals surface area contributed by atoms with Crippen molar-refractivity contribution in [2.45, 2.75) is 19.8 Å². The predicted molar refractivity (Wildman–Crippen MR) is 89.6 cm³/mol. The summed E-state index contributed by atoms with van der Waals surface area (Å²) in [6.45, 7) is 3.15. The minimum Gasteiger partial charge on any atom is -0.493 e. The molecular formula is C18H21N3O3. The van der Waals surface area contributed by atoms with E-state index in [0.717, 1.165) is 24.3 Å². The summed E-state index contributed by atoms with van der Waals surface area (Å²) in [6.07, 6.45) is 3.14. The Kier molecular flexibility index (Phi) is 4.64. The predicted octanol–water partition coefficient (Wildman–Crippen LogP) is 2.04. The summed E-state index contributed by atoms with van der Waals surface area (Å²) in [5.74, 6) is 1.46. The van der Waals surface area contributed by atoms with Crippen LogP contribution in [0, 0.1) is 6.92 Å². The standard InChI is InChI=1S/C18H21N3O3/c1-12-15(4-7-19-20-12)18(22)21-8-5-13-10-16(23-2)17(24-3)11-14(13)6-9-21/h4,7,10-11H,5-6,8-9H2,1-3H3. The summed E-state index contributed by atoms with van der Waals surface area (Å²) in [4.78, 5) is 14.7. The molecule has 1 aromatic heterocycles. The van der Waals surface area contributed by atoms with Gasteiger partial charge in [-0.3, -0.25) is 4.79 Å². The first-order valence-corrected chi connectivity index (χ1v) is 7.95. The second-order valence-electron chi connectivity index (χ2n) is 5.80. The van der Waals surface area contributed by atoms with Crippen molar-refractivity contribution < 1.29 is 14.3 Å². The first-order valence-electron chi connectivity index (χ1n) is 7.95. The largest absolute Gasteiger partial charge is 0.493 e. The number of methoxy groups -OCH3 is 2. The SMILES string of the molecule is COc1cc2c(cc1OC)CCN(C(=O)c1ccnnc1C)CC2. The van der Waals surface area contributed by atoms with E-state index in [1.165, 1.54) is 11.1 Å². The second kappa shape index (κ2) is 6.86. The molecule has 0 aliphatic carbocycles. The highest BCUT2D eigenvalue weighted by atomic mass is 16.5. The second-order valence-corrected chi connectivity index (χ2v) is 5.80. The van der Waals surface area contributed by atoms with Gasteiger partial charge in [0.25, 0.3) is 5.91 Å². The van der Waals surface area contributed by atoms with Crippen molar-refractivity contribution in [2.24, 2.45) is 0 Å². The monoisotopic (exact) mass is 327 g/mol. The quantitative estimate of drug-likeness (QED) is 0.863. The van der Waals surface area contributed by atoms with E-state index in [1.54, 1.807) is 26.5 Å². The topological polar surface area (TPSA) is 64.6 Å². The molecule has 2 heterocycles. The van der Waals surface area contributed by atoms with E-state index in [0.29, 0.717) is 24.3 Å². The van der Waals surface area contributed by atoms with Crippen LogP contribution in [0.3, 0.4) is 0 Å². The van der Waals surface area contributed by atoms with Gasteiger partial charge >= 0.3 is 0 Å². The number of aryl methyl sites for hydroxylation is 1. The van der Waals surface area contributed by atoms with E-state index in [2.05, 4.69) is 10.2 Å². The third kappa shape index (κ3) is 3.04. The van der Waals surface area contributed by atoms with Crippen LogP contribution in [0.1, 0.15) is 27.2 Å². The van der Waals surface area contributed by atoms with Crippen LogP contribution in [-0.2, 0) is 12.8 Å². The highest BCUT2D eigenvalue weighted by molar-refractivity contribution is 5.95. The maximum absolute atomic E-state index is 12.8. The number of benzene rings is 1. The van der Waals surface area contributed by atoms with E-state index in [1.807, 2.05) is 24.0 Å². The molecule has 0 N–H and O–H groups in total. The van der Waals surface area contributed by atoms with Crippen LogP contribution in [0.5, 0.6) is 11.5 Å². The van der Waals surface area contributed by atoms with Crippen LogP contribution < -0.4 is 9.47 Å². The number of hydrogen-bond acceptors (Lipinski definition) is 5. The minimum atomic E-state index is 0.00846. The lowest BCUT2D eigenvalue weighted by Crippen LogP contribution is -2.33. The number of fused-ring (bicyclic) bond motifs is 1. The number of hydrogen-bond donors (Lipinski definition) is 0. The van der Waals surface area contributed by atoms with Crippen molar-refractivity contribution >= 4 is 5.91 Å². The van der Waals surface area contributed by atoms with Crippen LogP contribution >= 0.6 is 0 Å². The van der Waals surface area contributed by atoms with Crippen molar-refractivity contribution in [3.8, 4) is 11.5 Å². The van der Waals surface area contributed by atoms with Crippen LogP contribution in [0.25, 0.3) is 0 Å². The fraction of sp³-hybridized carbons (Fsp3) is 0.389. The molecule has 0 saturated carbocycles. The zero-order valence-corrected chi connectivity index (χ0v) is 14.2. The van der Waals surface area contributed by atoms with Crippen molar-refractivity contribution in [3.63, 3.8) is 0 Å². The number of ether oxygens (including phenoxy) is 2. The molecule has 126 valence electrons. The highest BCUT2D eigenvalue weighted by Gasteiger charge is 2.22. The number of amides is 1. The highest BCUT2D eigenvalue weighted by Crippen LogP contribution is 2.32. The first-order chi connectivity index (χ1) is 11.6. The van der Waals surface area contributed by atoms with Crippen LogP contribution in [0.2, 0.25) is 0 Å². The van der Waals surface area contributed by atoms with Crippen molar-refractivity contribution in [3.05, 3.63) is 46.8 Å². The molecule has 0 radical (unpaired) electrons. The molecule has 0 unspecified atom stereocenters. The Morgan fingerprint density at radius 3 is 2.17 bits per heavy atom. The Balaban J connectivity index is 1.83. The van der Waals surface area contributed by atoms with Crippen molar-refractivity contribution in [1.29, 1.82) is 0 Å². The van der Waals surface area contributed by atoms with Crippen LogP contribution in [-0.4, -0.2) is 48.3 Å². The lowest BCUT2D eigenvalue weighted by Gasteiger charge is -2.20. The molecule has 2 aromatic rings. The van der Waals surface area contributed by atoms with Crippen LogP contribution in [0.15, 0.2) is 24.4 Å². The summed E-state index contributed by atoms with van der Waals surface area (Å²) in [5.41, 5.74) is 3.68. The fourth-order valence-corrected chi connectivity index (χ4v) is 3.05. The molecule has 0 fully saturated rings. The molecular weight excluding hydrogens is 306 g/mol. The lowest BCUT2D eigenvalue weighted by atomic mass is 10.0. The molecule has 24 heavy (non-hydrogen) atoms. The molecule has 6 heteroatoms. The van der Waals surface area contributed by atoms with Gasteiger partial charge < -0.3 is 14.4 Å². The van der Waals surface area contributed by atoms with Gasteiger partial charge in [-0.2, -0.15) is 10.2 Å². The fourth-order valence-electron chi connectivity index (χ4n) is 3.05. The lowest BCUT2D eigenvalue weighted by molar-refractivity contribution is 0.0761. The molecule has 0 atom stereocenters. The van der Waals surface area contributed by atoms with Crippen molar-refractivity contribution in [2.75, 3.05) is 27.3 Å². The Labute approximate surface area is 141 Å². The summed E-state index contributed by atoms with van der Waals surface area (Å²) in [5, 5.41) is 7.79. The Bertz CT molecular complexity index is 726. The number of rotatable bonds is 3. The Morgan fingerprint density at radius 1 is 1.08 bits per heavy atom. The van der Waals surface area contributed by atoms with Gasteiger partial charge in [-0.1, -0.05) is 0 Å². The molecule has 6 nitrogen and oxygen atoms in total. The molecule has 0 saturated heterocycles. The Hall–Kier alpha value is -2.63. The number of aromatic nitrogens is 2. The van der Waals surface area contributed by atoms with E-state index in [9.17, 15) is 4.79 Å². The van der Waals surface area contributed by atoms with E-state index in [-0.39, 0.29) is 5.91 Å². The smallest absolute Gasteiger partial charge is 0.255 e. The third-order valence-electron chi connectivity index (χ3n) is 4.43. The van der Waals surface area contributed by atoms with Gasteiger partial charge in [-0.25, -0.2) is 0 Å². The van der Waals surface area contributed by atoms with Gasteiger partial charge in [0.2, 0.25) is 0 Å². The van der Waals surface area contributed by atoms with Gasteiger partial charge in [0.05, 0.1) is 31.7 Å². The zero-order chi connectivity index (χ0) is 17.1. The molecule has 1 aromatic carbocycles. The normalized spacial score (nSPS) is 13.9. The van der Waals surface area contributed by atoms with Crippen LogP contribution in [0.4, 0.5) is 0 Å². The molecule has 1 amide bonds. The summed E-state index contributed by atoms with van der Waals surface area (Å²) in [7, 11) is 3.27. The average molecular weight is 327 g/mol. The summed E-state index contributed by atoms with van der Waals surface area (Å²) in [6, 6.07) is 5.76. The van der Waals surface area contributed by atoms with E-state index in [4.69, 9.17) is 9.47 Å². The minimum absolute atomic E-state index is 0.00846. The third-order valence-corrected chi connectivity index (χ3v) is 4.43. The maximum atomic E-state index is 12.8. The number of carbonyl (C=O) groups excluding carboxylic acids is 1. The summed E-state index contributed by atoms with van der Waals surface area (Å²) < 4.78 is 10.8. The molecule has 1 aliphatic rings. The number of carbonyl (C=O) groups is 1. The number of nitrogens with zero attached hydrogens (tertiary/aromatic N) is 3. The zero-order valence-electron chi connectivity index (χ0n) is 14.2. The molecule has 0 bridgehead atoms.